The van der Waals surface area contributed by atoms with E-state index in [1.807, 2.05) is 6.92 Å². The monoisotopic (exact) mass is 144 g/mol. The van der Waals surface area contributed by atoms with E-state index in [1.165, 1.54) is 0 Å². The molecule has 0 aliphatic rings. The zero-order valence-corrected chi connectivity index (χ0v) is 7.35. The molecule has 0 aliphatic carbocycles. The average Bonchev–Trinajstić information content (AvgIpc) is 1.90. The topological polar surface area (TPSA) is 52.0 Å². The molecule has 0 atom stereocenters. The van der Waals surface area contributed by atoms with Crippen LogP contribution in [0.25, 0.3) is 0 Å². The minimum atomic E-state index is -0.441. The molecular formula is C8H20N2. The highest BCUT2D eigenvalue weighted by molar-refractivity contribution is 4.82. The van der Waals surface area contributed by atoms with Crippen molar-refractivity contribution in [2.45, 2.75) is 45.7 Å². The third-order valence-corrected chi connectivity index (χ3v) is 2.36. The molecule has 0 saturated carbocycles. The predicted molar refractivity (Wildman–Crippen MR) is 45.5 cm³/mol. The van der Waals surface area contributed by atoms with Crippen LogP contribution in [0, 0.1) is 5.92 Å². The summed E-state index contributed by atoms with van der Waals surface area (Å²) in [5.41, 5.74) is 11.3. The Morgan fingerprint density at radius 2 is 1.50 bits per heavy atom. The molecule has 0 aromatic heterocycles. The van der Waals surface area contributed by atoms with Crippen molar-refractivity contribution >= 4 is 0 Å². The highest BCUT2D eigenvalue weighted by Crippen LogP contribution is 2.19. The largest absolute Gasteiger partial charge is 0.313 e. The summed E-state index contributed by atoms with van der Waals surface area (Å²) in [5, 5.41) is 0. The summed E-state index contributed by atoms with van der Waals surface area (Å²) in [6, 6.07) is 0. The van der Waals surface area contributed by atoms with Crippen molar-refractivity contribution in [3.8, 4) is 0 Å². The summed E-state index contributed by atoms with van der Waals surface area (Å²) >= 11 is 0. The summed E-state index contributed by atoms with van der Waals surface area (Å²) in [6.45, 7) is 6.31. The van der Waals surface area contributed by atoms with Gasteiger partial charge >= 0.3 is 0 Å². The third kappa shape index (κ3) is 2.27. The van der Waals surface area contributed by atoms with Crippen LogP contribution < -0.4 is 11.5 Å². The normalized spacial score (nSPS) is 12.6. The maximum Gasteiger partial charge on any atom is 0.0662 e. The van der Waals surface area contributed by atoms with Gasteiger partial charge in [0, 0.05) is 0 Å². The summed E-state index contributed by atoms with van der Waals surface area (Å²) < 4.78 is 0. The first-order valence-electron chi connectivity index (χ1n) is 4.16. The molecule has 0 aromatic rings. The molecule has 0 aromatic carbocycles. The second-order valence-corrected chi connectivity index (χ2v) is 2.98. The Bertz CT molecular complexity index is 85.3. The van der Waals surface area contributed by atoms with Crippen LogP contribution >= 0.6 is 0 Å². The van der Waals surface area contributed by atoms with E-state index < -0.39 is 5.66 Å². The van der Waals surface area contributed by atoms with Crippen molar-refractivity contribution in [3.63, 3.8) is 0 Å². The molecule has 2 heteroatoms. The van der Waals surface area contributed by atoms with E-state index in [0.29, 0.717) is 5.92 Å². The Balaban J connectivity index is 3.97. The maximum absolute atomic E-state index is 5.86. The van der Waals surface area contributed by atoms with Crippen molar-refractivity contribution in [3.05, 3.63) is 0 Å². The number of hydrogen-bond donors (Lipinski definition) is 2. The molecule has 0 amide bonds. The van der Waals surface area contributed by atoms with Crippen LogP contribution in [-0.2, 0) is 0 Å². The van der Waals surface area contributed by atoms with Crippen LogP contribution in [0.15, 0.2) is 0 Å². The van der Waals surface area contributed by atoms with Crippen molar-refractivity contribution in [2.24, 2.45) is 17.4 Å². The lowest BCUT2D eigenvalue weighted by Crippen LogP contribution is -2.54. The lowest BCUT2D eigenvalue weighted by Gasteiger charge is -2.31. The van der Waals surface area contributed by atoms with E-state index >= 15 is 0 Å². The second-order valence-electron chi connectivity index (χ2n) is 2.98. The Hall–Kier alpha value is -0.0800. The van der Waals surface area contributed by atoms with Gasteiger partial charge in [-0.1, -0.05) is 33.6 Å². The summed E-state index contributed by atoms with van der Waals surface area (Å²) in [4.78, 5) is 0. The minimum absolute atomic E-state index is 0.441. The molecular weight excluding hydrogens is 124 g/mol. The Kier molecular flexibility index (Phi) is 3.91. The van der Waals surface area contributed by atoms with Crippen molar-refractivity contribution in [1.29, 1.82) is 0 Å². The third-order valence-electron chi connectivity index (χ3n) is 2.36. The average molecular weight is 144 g/mol. The Morgan fingerprint density at radius 1 is 1.10 bits per heavy atom. The fourth-order valence-corrected chi connectivity index (χ4v) is 1.34. The van der Waals surface area contributed by atoms with Gasteiger partial charge in [0.15, 0.2) is 0 Å². The zero-order chi connectivity index (χ0) is 8.20. The molecule has 0 spiro atoms. The fourth-order valence-electron chi connectivity index (χ4n) is 1.34. The molecule has 4 N–H and O–H groups in total. The van der Waals surface area contributed by atoms with Crippen LogP contribution in [0.1, 0.15) is 40.0 Å². The molecule has 0 aliphatic heterocycles. The van der Waals surface area contributed by atoms with Gasteiger partial charge in [-0.2, -0.15) is 0 Å². The molecule has 0 heterocycles. The van der Waals surface area contributed by atoms with E-state index in [0.717, 1.165) is 19.3 Å². The molecule has 0 bridgehead atoms. The van der Waals surface area contributed by atoms with Gasteiger partial charge in [-0.3, -0.25) is 0 Å². The van der Waals surface area contributed by atoms with Gasteiger partial charge in [-0.05, 0) is 12.3 Å². The first-order chi connectivity index (χ1) is 4.58. The van der Waals surface area contributed by atoms with Crippen molar-refractivity contribution < 1.29 is 0 Å². The standard InChI is InChI=1S/C8H20N2/c1-4-7(5-2)8(9,10)6-3/h7H,4-6,9-10H2,1-3H3. The fraction of sp³-hybridized carbons (Fsp3) is 1.00. The molecule has 0 rings (SSSR count). The molecule has 2 nitrogen and oxygen atoms in total. The van der Waals surface area contributed by atoms with Crippen molar-refractivity contribution in [1.82, 2.24) is 0 Å². The quantitative estimate of drug-likeness (QED) is 0.587. The van der Waals surface area contributed by atoms with Gasteiger partial charge in [0.05, 0.1) is 5.66 Å². The van der Waals surface area contributed by atoms with E-state index in [-0.39, 0.29) is 0 Å². The van der Waals surface area contributed by atoms with Crippen LogP contribution in [0.3, 0.4) is 0 Å². The molecule has 62 valence electrons. The van der Waals surface area contributed by atoms with Gasteiger partial charge in [-0.15, -0.1) is 0 Å². The van der Waals surface area contributed by atoms with Gasteiger partial charge < -0.3 is 11.5 Å². The lowest BCUT2D eigenvalue weighted by molar-refractivity contribution is 0.253. The number of nitrogens with two attached hydrogens (primary N) is 2. The van der Waals surface area contributed by atoms with Gasteiger partial charge in [0.25, 0.3) is 0 Å². The molecule has 0 fully saturated rings. The van der Waals surface area contributed by atoms with Crippen LogP contribution in [0.2, 0.25) is 0 Å². The Morgan fingerprint density at radius 3 is 1.60 bits per heavy atom. The minimum Gasteiger partial charge on any atom is -0.313 e. The zero-order valence-electron chi connectivity index (χ0n) is 7.35. The van der Waals surface area contributed by atoms with Gasteiger partial charge in [0.1, 0.15) is 0 Å². The molecule has 10 heavy (non-hydrogen) atoms. The van der Waals surface area contributed by atoms with E-state index in [4.69, 9.17) is 11.5 Å². The SMILES string of the molecule is CCC(CC)C(N)(N)CC. The summed E-state index contributed by atoms with van der Waals surface area (Å²) in [5.74, 6) is 0.470. The molecule has 0 radical (unpaired) electrons. The predicted octanol–water partition coefficient (Wildman–Crippen LogP) is 1.45. The van der Waals surface area contributed by atoms with Gasteiger partial charge in [0.2, 0.25) is 0 Å². The highest BCUT2D eigenvalue weighted by Gasteiger charge is 2.25. The van der Waals surface area contributed by atoms with Crippen LogP contribution in [-0.4, -0.2) is 5.66 Å². The smallest absolute Gasteiger partial charge is 0.0662 e. The number of rotatable bonds is 4. The van der Waals surface area contributed by atoms with E-state index in [9.17, 15) is 0 Å². The first kappa shape index (κ1) is 9.92. The van der Waals surface area contributed by atoms with E-state index in [1.54, 1.807) is 0 Å². The molecule has 0 saturated heterocycles. The van der Waals surface area contributed by atoms with Gasteiger partial charge in [-0.25, -0.2) is 0 Å². The summed E-state index contributed by atoms with van der Waals surface area (Å²) in [6.07, 6.45) is 3.02. The maximum atomic E-state index is 5.86. The lowest BCUT2D eigenvalue weighted by atomic mass is 9.87. The molecule has 0 unspecified atom stereocenters. The first-order valence-corrected chi connectivity index (χ1v) is 4.16. The van der Waals surface area contributed by atoms with Crippen molar-refractivity contribution in [2.75, 3.05) is 0 Å². The summed E-state index contributed by atoms with van der Waals surface area (Å²) in [7, 11) is 0. The highest BCUT2D eigenvalue weighted by atomic mass is 15.0. The van der Waals surface area contributed by atoms with Crippen LogP contribution in [0.4, 0.5) is 0 Å². The Labute approximate surface area is 64.0 Å². The van der Waals surface area contributed by atoms with Crippen LogP contribution in [0.5, 0.6) is 0 Å². The van der Waals surface area contributed by atoms with E-state index in [2.05, 4.69) is 13.8 Å². The second kappa shape index (κ2) is 3.94. The number of hydrogen-bond acceptors (Lipinski definition) is 2.